The summed E-state index contributed by atoms with van der Waals surface area (Å²) in [4.78, 5) is 12.0. The van der Waals surface area contributed by atoms with E-state index < -0.39 is 6.10 Å². The molecule has 0 bridgehead atoms. The molecule has 2 rings (SSSR count). The van der Waals surface area contributed by atoms with Gasteiger partial charge in [-0.1, -0.05) is 6.92 Å². The van der Waals surface area contributed by atoms with E-state index >= 15 is 0 Å². The largest absolute Gasteiger partial charge is 0.507 e. The van der Waals surface area contributed by atoms with Crippen molar-refractivity contribution >= 4 is 5.97 Å². The number of rotatable bonds is 2. The summed E-state index contributed by atoms with van der Waals surface area (Å²) in [5.41, 5.74) is 3.54. The molecule has 20 heavy (non-hydrogen) atoms. The van der Waals surface area contributed by atoms with Crippen molar-refractivity contribution in [2.45, 2.75) is 47.1 Å². The molecule has 1 heterocycles. The van der Waals surface area contributed by atoms with Crippen molar-refractivity contribution in [3.63, 3.8) is 0 Å². The van der Waals surface area contributed by atoms with E-state index in [2.05, 4.69) is 0 Å². The van der Waals surface area contributed by atoms with Gasteiger partial charge in [-0.2, -0.15) is 0 Å². The van der Waals surface area contributed by atoms with Gasteiger partial charge in [-0.15, -0.1) is 0 Å². The van der Waals surface area contributed by atoms with Gasteiger partial charge in [-0.25, -0.2) is 4.79 Å². The number of esters is 1. The van der Waals surface area contributed by atoms with E-state index in [0.717, 1.165) is 28.0 Å². The molecule has 1 N–H and O–H groups in total. The summed E-state index contributed by atoms with van der Waals surface area (Å²) in [6.07, 6.45) is 0.142. The minimum Gasteiger partial charge on any atom is -0.507 e. The summed E-state index contributed by atoms with van der Waals surface area (Å²) < 4.78 is 11.0. The van der Waals surface area contributed by atoms with E-state index in [0.29, 0.717) is 18.8 Å². The first-order valence-electron chi connectivity index (χ1n) is 7.03. The predicted octanol–water partition coefficient (Wildman–Crippen LogP) is 2.82. The highest BCUT2D eigenvalue weighted by Gasteiger charge is 2.36. The van der Waals surface area contributed by atoms with E-state index in [-0.39, 0.29) is 11.9 Å². The minimum atomic E-state index is -0.565. The Bertz CT molecular complexity index is 548. The average molecular weight is 278 g/mol. The number of hydrogen-bond donors (Lipinski definition) is 1. The van der Waals surface area contributed by atoms with Crippen LogP contribution >= 0.6 is 0 Å². The number of carbonyl (C=O) groups is 1. The van der Waals surface area contributed by atoms with Crippen molar-refractivity contribution in [3.05, 3.63) is 22.3 Å². The second-order valence-electron chi connectivity index (χ2n) is 5.50. The van der Waals surface area contributed by atoms with Crippen molar-refractivity contribution in [2.24, 2.45) is 5.92 Å². The standard InChI is InChI=1S/C16H22O4/c1-6-19-16(18)14-8(2)7-12-11(5)13(17)9(3)10(4)15(12)20-14/h8,14,17H,6-7H2,1-5H3. The molecule has 0 saturated carbocycles. The Morgan fingerprint density at radius 1 is 1.30 bits per heavy atom. The first-order valence-corrected chi connectivity index (χ1v) is 7.03. The fourth-order valence-electron chi connectivity index (χ4n) is 2.75. The van der Waals surface area contributed by atoms with Gasteiger partial charge in [0.15, 0.2) is 6.10 Å². The predicted molar refractivity (Wildman–Crippen MR) is 76.2 cm³/mol. The van der Waals surface area contributed by atoms with Crippen LogP contribution in [0, 0.1) is 26.7 Å². The molecule has 0 amide bonds. The van der Waals surface area contributed by atoms with Gasteiger partial charge in [0.25, 0.3) is 0 Å². The Morgan fingerprint density at radius 2 is 1.95 bits per heavy atom. The molecule has 1 aliphatic heterocycles. The van der Waals surface area contributed by atoms with Crippen LogP contribution in [0.1, 0.15) is 36.1 Å². The minimum absolute atomic E-state index is 0.0294. The Labute approximate surface area is 119 Å². The first kappa shape index (κ1) is 14.7. The van der Waals surface area contributed by atoms with Crippen LogP contribution in [0.2, 0.25) is 0 Å². The van der Waals surface area contributed by atoms with Crippen molar-refractivity contribution < 1.29 is 19.4 Å². The van der Waals surface area contributed by atoms with Crippen LogP contribution in [0.3, 0.4) is 0 Å². The molecule has 1 aromatic carbocycles. The highest BCUT2D eigenvalue weighted by atomic mass is 16.6. The van der Waals surface area contributed by atoms with Gasteiger partial charge in [0.2, 0.25) is 0 Å². The molecular formula is C16H22O4. The SMILES string of the molecule is CCOC(=O)C1Oc2c(C)c(C)c(O)c(C)c2CC1C. The molecule has 4 heteroatoms. The maximum absolute atomic E-state index is 12.0. The lowest BCUT2D eigenvalue weighted by molar-refractivity contribution is -0.154. The number of hydrogen-bond acceptors (Lipinski definition) is 4. The maximum atomic E-state index is 12.0. The lowest BCUT2D eigenvalue weighted by atomic mass is 9.86. The van der Waals surface area contributed by atoms with Crippen LogP contribution in [0.4, 0.5) is 0 Å². The molecule has 0 aliphatic carbocycles. The van der Waals surface area contributed by atoms with Crippen molar-refractivity contribution in [2.75, 3.05) is 6.61 Å². The van der Waals surface area contributed by atoms with Gasteiger partial charge >= 0.3 is 5.97 Å². The smallest absolute Gasteiger partial charge is 0.347 e. The van der Waals surface area contributed by atoms with Gasteiger partial charge in [0.1, 0.15) is 11.5 Å². The molecule has 2 unspecified atom stereocenters. The molecule has 0 spiro atoms. The normalized spacial score (nSPS) is 21.1. The average Bonchev–Trinajstić information content (AvgIpc) is 2.42. The lowest BCUT2D eigenvalue weighted by Crippen LogP contribution is -2.40. The van der Waals surface area contributed by atoms with Gasteiger partial charge in [0, 0.05) is 11.5 Å². The number of aromatic hydroxyl groups is 1. The molecule has 0 fully saturated rings. The first-order chi connectivity index (χ1) is 9.38. The summed E-state index contributed by atoms with van der Waals surface area (Å²) in [6, 6.07) is 0. The summed E-state index contributed by atoms with van der Waals surface area (Å²) in [6.45, 7) is 9.77. The van der Waals surface area contributed by atoms with E-state index in [9.17, 15) is 9.90 Å². The third kappa shape index (κ3) is 2.23. The second kappa shape index (κ2) is 5.35. The van der Waals surface area contributed by atoms with Gasteiger partial charge in [-0.05, 0) is 50.8 Å². The molecule has 0 saturated heterocycles. The third-order valence-corrected chi connectivity index (χ3v) is 4.15. The molecule has 2 atom stereocenters. The van der Waals surface area contributed by atoms with E-state index in [4.69, 9.17) is 9.47 Å². The Hall–Kier alpha value is -1.71. The number of phenolic OH excluding ortho intramolecular Hbond substituents is 1. The molecule has 1 aliphatic rings. The van der Waals surface area contributed by atoms with Crippen LogP contribution in [0.5, 0.6) is 11.5 Å². The van der Waals surface area contributed by atoms with Crippen molar-refractivity contribution in [3.8, 4) is 11.5 Å². The fraction of sp³-hybridized carbons (Fsp3) is 0.562. The van der Waals surface area contributed by atoms with Crippen molar-refractivity contribution in [1.82, 2.24) is 0 Å². The zero-order valence-corrected chi connectivity index (χ0v) is 12.7. The quantitative estimate of drug-likeness (QED) is 0.845. The zero-order valence-electron chi connectivity index (χ0n) is 12.7. The Morgan fingerprint density at radius 3 is 2.55 bits per heavy atom. The van der Waals surface area contributed by atoms with Crippen LogP contribution in [0.15, 0.2) is 0 Å². The summed E-state index contributed by atoms with van der Waals surface area (Å²) >= 11 is 0. The second-order valence-corrected chi connectivity index (χ2v) is 5.50. The van der Waals surface area contributed by atoms with Crippen LogP contribution in [-0.2, 0) is 16.0 Å². The number of fused-ring (bicyclic) bond motifs is 1. The molecule has 110 valence electrons. The Balaban J connectivity index is 2.45. The fourth-order valence-corrected chi connectivity index (χ4v) is 2.75. The number of ether oxygens (including phenoxy) is 2. The number of benzene rings is 1. The summed E-state index contributed by atoms with van der Waals surface area (Å²) in [5.74, 6) is 0.774. The Kier molecular flexibility index (Phi) is 3.93. The highest BCUT2D eigenvalue weighted by Crippen LogP contribution is 2.42. The molecular weight excluding hydrogens is 256 g/mol. The van der Waals surface area contributed by atoms with E-state index in [1.807, 2.05) is 27.7 Å². The molecule has 0 aromatic heterocycles. The van der Waals surface area contributed by atoms with Crippen molar-refractivity contribution in [1.29, 1.82) is 0 Å². The zero-order chi connectivity index (χ0) is 15.0. The van der Waals surface area contributed by atoms with Gasteiger partial charge in [-0.3, -0.25) is 0 Å². The molecule has 4 nitrogen and oxygen atoms in total. The monoisotopic (exact) mass is 278 g/mol. The maximum Gasteiger partial charge on any atom is 0.347 e. The van der Waals surface area contributed by atoms with E-state index in [1.165, 1.54) is 0 Å². The molecule has 0 radical (unpaired) electrons. The molecule has 1 aromatic rings. The van der Waals surface area contributed by atoms with Crippen LogP contribution in [-0.4, -0.2) is 23.8 Å². The summed E-state index contributed by atoms with van der Waals surface area (Å²) in [7, 11) is 0. The number of carbonyl (C=O) groups excluding carboxylic acids is 1. The summed E-state index contributed by atoms with van der Waals surface area (Å²) in [5, 5.41) is 10.1. The lowest BCUT2D eigenvalue weighted by Gasteiger charge is -2.32. The van der Waals surface area contributed by atoms with Crippen LogP contribution in [0.25, 0.3) is 0 Å². The van der Waals surface area contributed by atoms with Gasteiger partial charge in [0.05, 0.1) is 6.61 Å². The van der Waals surface area contributed by atoms with E-state index in [1.54, 1.807) is 6.92 Å². The topological polar surface area (TPSA) is 55.8 Å². The highest BCUT2D eigenvalue weighted by molar-refractivity contribution is 5.76. The number of phenols is 1. The third-order valence-electron chi connectivity index (χ3n) is 4.15. The van der Waals surface area contributed by atoms with Crippen LogP contribution < -0.4 is 4.74 Å². The van der Waals surface area contributed by atoms with Gasteiger partial charge < -0.3 is 14.6 Å².